The highest BCUT2D eigenvalue weighted by Gasteiger charge is 2.35. The van der Waals surface area contributed by atoms with Gasteiger partial charge in [-0.25, -0.2) is 13.8 Å². The molecule has 1 aliphatic rings. The largest absolute Gasteiger partial charge is 0.368 e. The van der Waals surface area contributed by atoms with Gasteiger partial charge in [0.2, 0.25) is 5.91 Å². The highest BCUT2D eigenvalue weighted by atomic mass is 19.1. The van der Waals surface area contributed by atoms with E-state index in [2.05, 4.69) is 15.4 Å². The normalized spacial score (nSPS) is 15.6. The maximum absolute atomic E-state index is 14.6. The average molecular weight is 424 g/mol. The number of hydrogen-bond donors (Lipinski definition) is 2. The minimum atomic E-state index is -0.894. The number of carbonyl (C=O) groups is 2. The van der Waals surface area contributed by atoms with Crippen LogP contribution >= 0.6 is 0 Å². The van der Waals surface area contributed by atoms with Gasteiger partial charge in [0, 0.05) is 24.5 Å². The van der Waals surface area contributed by atoms with Gasteiger partial charge in [0.25, 0.3) is 5.91 Å². The Kier molecular flexibility index (Phi) is 5.20. The molecule has 8 nitrogen and oxygen atoms in total. The maximum atomic E-state index is 14.6. The van der Waals surface area contributed by atoms with Gasteiger partial charge in [-0.3, -0.25) is 14.6 Å². The summed E-state index contributed by atoms with van der Waals surface area (Å²) in [5.74, 6) is -1.65. The van der Waals surface area contributed by atoms with Crippen LogP contribution in [0.1, 0.15) is 12.2 Å². The van der Waals surface area contributed by atoms with Crippen molar-refractivity contribution >= 4 is 28.9 Å². The minimum Gasteiger partial charge on any atom is -0.368 e. The lowest BCUT2D eigenvalue weighted by molar-refractivity contribution is -0.119. The second-order valence-electron chi connectivity index (χ2n) is 6.95. The molecule has 1 aliphatic heterocycles. The number of nitrogens with two attached hydrogens (primary N) is 1. The number of nitrogens with one attached hydrogen (secondary N) is 1. The molecule has 0 fully saturated rings. The zero-order valence-electron chi connectivity index (χ0n) is 16.4. The molecular formula is C21H18F2N6O2. The number of rotatable bonds is 5. The fourth-order valence-electron chi connectivity index (χ4n) is 3.32. The van der Waals surface area contributed by atoms with Crippen molar-refractivity contribution in [1.29, 1.82) is 0 Å². The number of anilines is 2. The van der Waals surface area contributed by atoms with Crippen LogP contribution < -0.4 is 16.1 Å². The molecule has 10 heteroatoms. The molecule has 0 bridgehead atoms. The monoisotopic (exact) mass is 424 g/mol. The minimum absolute atomic E-state index is 0.0344. The number of carbonyl (C=O) groups excluding carboxylic acids is 2. The van der Waals surface area contributed by atoms with Gasteiger partial charge in [-0.1, -0.05) is 0 Å². The molecule has 1 atom stereocenters. The van der Waals surface area contributed by atoms with Crippen molar-refractivity contribution in [3.63, 3.8) is 0 Å². The Morgan fingerprint density at radius 3 is 2.52 bits per heavy atom. The molecule has 0 radical (unpaired) electrons. The van der Waals surface area contributed by atoms with Crippen molar-refractivity contribution in [2.75, 3.05) is 10.3 Å². The number of halogens is 2. The summed E-state index contributed by atoms with van der Waals surface area (Å²) >= 11 is 0. The van der Waals surface area contributed by atoms with Crippen LogP contribution in [0.15, 0.2) is 60.0 Å². The summed E-state index contributed by atoms with van der Waals surface area (Å²) in [7, 11) is 0. The third-order valence-corrected chi connectivity index (χ3v) is 4.88. The summed E-state index contributed by atoms with van der Waals surface area (Å²) in [4.78, 5) is 28.6. The van der Waals surface area contributed by atoms with Crippen molar-refractivity contribution in [2.45, 2.75) is 19.4 Å². The summed E-state index contributed by atoms with van der Waals surface area (Å²) in [6.07, 6.45) is 3.16. The van der Waals surface area contributed by atoms with Crippen LogP contribution in [0, 0.1) is 18.6 Å². The van der Waals surface area contributed by atoms with Crippen molar-refractivity contribution < 1.29 is 18.4 Å². The lowest BCUT2D eigenvalue weighted by atomic mass is 10.1. The third-order valence-electron chi connectivity index (χ3n) is 4.88. The van der Waals surface area contributed by atoms with Gasteiger partial charge < -0.3 is 15.6 Å². The Bertz CT molecular complexity index is 1190. The SMILES string of the molecule is Cc1nccn1-c1ccc(NC(=O)C2=NN(c3ccc(F)cc3)C(C(N)=O)C2)cc1F. The Labute approximate surface area is 176 Å². The van der Waals surface area contributed by atoms with Crippen molar-refractivity contribution in [3.8, 4) is 5.69 Å². The first-order valence-corrected chi connectivity index (χ1v) is 9.36. The quantitative estimate of drug-likeness (QED) is 0.657. The van der Waals surface area contributed by atoms with E-state index in [9.17, 15) is 18.4 Å². The van der Waals surface area contributed by atoms with Gasteiger partial charge in [-0.05, 0) is 49.4 Å². The van der Waals surface area contributed by atoms with Gasteiger partial charge in [-0.15, -0.1) is 0 Å². The number of nitrogens with zero attached hydrogens (tertiary/aromatic N) is 4. The fourth-order valence-corrected chi connectivity index (χ4v) is 3.32. The lowest BCUT2D eigenvalue weighted by Crippen LogP contribution is -2.39. The first-order valence-electron chi connectivity index (χ1n) is 9.36. The maximum Gasteiger partial charge on any atom is 0.271 e. The fraction of sp³-hybridized carbons (Fsp3) is 0.143. The van der Waals surface area contributed by atoms with E-state index in [0.29, 0.717) is 17.2 Å². The summed E-state index contributed by atoms with van der Waals surface area (Å²) in [6.45, 7) is 1.75. The number of aromatic nitrogens is 2. The second-order valence-corrected chi connectivity index (χ2v) is 6.95. The van der Waals surface area contributed by atoms with E-state index in [4.69, 9.17) is 5.73 Å². The number of aryl methyl sites for hydroxylation is 1. The molecule has 31 heavy (non-hydrogen) atoms. The Morgan fingerprint density at radius 1 is 1.16 bits per heavy atom. The van der Waals surface area contributed by atoms with Crippen molar-refractivity contribution in [1.82, 2.24) is 9.55 Å². The Balaban J connectivity index is 1.54. The van der Waals surface area contributed by atoms with Crippen molar-refractivity contribution in [3.05, 3.63) is 72.3 Å². The van der Waals surface area contributed by atoms with Crippen LogP contribution in [-0.2, 0) is 9.59 Å². The lowest BCUT2D eigenvalue weighted by Gasteiger charge is -2.20. The van der Waals surface area contributed by atoms with E-state index in [0.717, 1.165) is 0 Å². The van der Waals surface area contributed by atoms with Crippen LogP contribution in [0.2, 0.25) is 0 Å². The number of hydrazone groups is 1. The molecule has 0 spiro atoms. The smallest absolute Gasteiger partial charge is 0.271 e. The van der Waals surface area contributed by atoms with Crippen LogP contribution in [0.5, 0.6) is 0 Å². The van der Waals surface area contributed by atoms with Crippen LogP contribution in [0.25, 0.3) is 5.69 Å². The van der Waals surface area contributed by atoms with Gasteiger partial charge >= 0.3 is 0 Å². The molecule has 2 heterocycles. The first-order chi connectivity index (χ1) is 14.8. The molecule has 1 unspecified atom stereocenters. The number of primary amides is 1. The third kappa shape index (κ3) is 4.00. The molecule has 3 N–H and O–H groups in total. The molecule has 0 saturated heterocycles. The van der Waals surface area contributed by atoms with Gasteiger partial charge in [0.1, 0.15) is 29.2 Å². The zero-order valence-corrected chi connectivity index (χ0v) is 16.4. The molecule has 0 aliphatic carbocycles. The van der Waals surface area contributed by atoms with E-state index in [1.54, 1.807) is 30.0 Å². The van der Waals surface area contributed by atoms with Crippen LogP contribution in [0.3, 0.4) is 0 Å². The van der Waals surface area contributed by atoms with Gasteiger partial charge in [0.15, 0.2) is 0 Å². The summed E-state index contributed by atoms with van der Waals surface area (Å²) in [5, 5.41) is 8.05. The molecule has 2 amide bonds. The predicted octanol–water partition coefficient (Wildman–Crippen LogP) is 2.52. The second kappa shape index (κ2) is 7.98. The molecule has 3 aromatic rings. The predicted molar refractivity (Wildman–Crippen MR) is 111 cm³/mol. The highest BCUT2D eigenvalue weighted by molar-refractivity contribution is 6.44. The van der Waals surface area contributed by atoms with Crippen LogP contribution in [0.4, 0.5) is 20.2 Å². The van der Waals surface area contributed by atoms with E-state index >= 15 is 0 Å². The number of imidazole rings is 1. The van der Waals surface area contributed by atoms with Crippen LogP contribution in [-0.4, -0.2) is 33.1 Å². The molecule has 2 aromatic carbocycles. The zero-order chi connectivity index (χ0) is 22.1. The molecule has 0 saturated carbocycles. The highest BCUT2D eigenvalue weighted by Crippen LogP contribution is 2.26. The topological polar surface area (TPSA) is 106 Å². The van der Waals surface area contributed by atoms with Crippen molar-refractivity contribution in [2.24, 2.45) is 10.8 Å². The standard InChI is InChI=1S/C21H18F2N6O2/c1-12-25-8-9-28(12)18-7-4-14(10-16(18)23)26-21(31)17-11-19(20(24)30)29(27-17)15-5-2-13(22)3-6-15/h2-10,19H,11H2,1H3,(H2,24,30)(H,26,31). The van der Waals surface area contributed by atoms with E-state index < -0.39 is 29.5 Å². The first kappa shape index (κ1) is 20.2. The van der Waals surface area contributed by atoms with E-state index in [-0.39, 0.29) is 17.8 Å². The molecular weight excluding hydrogens is 406 g/mol. The van der Waals surface area contributed by atoms with E-state index in [1.807, 2.05) is 0 Å². The number of amides is 2. The van der Waals surface area contributed by atoms with Gasteiger partial charge in [-0.2, -0.15) is 5.10 Å². The van der Waals surface area contributed by atoms with Gasteiger partial charge in [0.05, 0.1) is 11.4 Å². The Morgan fingerprint density at radius 2 is 1.90 bits per heavy atom. The Hall–Kier alpha value is -4.08. The number of benzene rings is 2. The summed E-state index contributed by atoms with van der Waals surface area (Å²) < 4.78 is 29.4. The average Bonchev–Trinajstić information content (AvgIpc) is 3.36. The summed E-state index contributed by atoms with van der Waals surface area (Å²) in [5.41, 5.74) is 6.43. The number of hydrogen-bond acceptors (Lipinski definition) is 5. The molecule has 158 valence electrons. The molecule has 4 rings (SSSR count). The summed E-state index contributed by atoms with van der Waals surface area (Å²) in [6, 6.07) is 8.66. The van der Waals surface area contributed by atoms with E-state index in [1.165, 1.54) is 41.4 Å². The molecule has 1 aromatic heterocycles.